The van der Waals surface area contributed by atoms with Crippen LogP contribution in [0, 0.1) is 0 Å². The molecular weight excluding hydrogens is 757 g/mol. The third kappa shape index (κ3) is 5.61. The highest BCUT2D eigenvalue weighted by Crippen LogP contribution is 2.51. The fourth-order valence-electron chi connectivity index (χ4n) is 10.4. The number of hydrogen-bond acceptors (Lipinski definition) is 2. The van der Waals surface area contributed by atoms with Crippen LogP contribution in [0.1, 0.15) is 60.2 Å². The molecule has 8 aromatic carbocycles. The van der Waals surface area contributed by atoms with Crippen molar-refractivity contribution in [2.45, 2.75) is 38.5 Å². The molecule has 3 heteroatoms. The zero-order valence-corrected chi connectivity index (χ0v) is 35.4. The first-order valence-electron chi connectivity index (χ1n) is 21.5. The van der Waals surface area contributed by atoms with Crippen molar-refractivity contribution >= 4 is 65.9 Å². The van der Waals surface area contributed by atoms with Gasteiger partial charge in [0.2, 0.25) is 0 Å². The molecule has 1 atom stereocenters. The Morgan fingerprint density at radius 1 is 0.525 bits per heavy atom. The first kappa shape index (κ1) is 36.0. The number of rotatable bonds is 6. The lowest BCUT2D eigenvalue weighted by molar-refractivity contribution is 0.660. The van der Waals surface area contributed by atoms with Gasteiger partial charge in [-0.2, -0.15) is 0 Å². The third-order valence-electron chi connectivity index (χ3n) is 13.5. The standard InChI is InChI=1S/C58H44N2S/c1-37-21-32-45(57-56(37)49-17-9-12-20-55(49)61-57)39-24-29-43(30-25-39)59(44-31-33-47-46-15-7-10-18-51(46)58(2,3)52(47)36-44)42-27-22-38(23-28-42)40-26-34-54-50(35-40)48-16-8-11-19-53(48)60(54)41-13-5-4-6-14-41/h4-20,22-37H,21H2,1-3H3. The number of allylic oxidation sites excluding steroid dienone is 1. The Labute approximate surface area is 361 Å². The smallest absolute Gasteiger partial charge is 0.0541 e. The largest absolute Gasteiger partial charge is 0.310 e. The fourth-order valence-corrected chi connectivity index (χ4v) is 11.8. The Morgan fingerprint density at radius 2 is 1.15 bits per heavy atom. The van der Waals surface area contributed by atoms with Crippen molar-refractivity contribution in [2.75, 3.05) is 4.90 Å². The summed E-state index contributed by atoms with van der Waals surface area (Å²) >= 11 is 1.94. The van der Waals surface area contributed by atoms with Crippen molar-refractivity contribution in [3.63, 3.8) is 0 Å². The van der Waals surface area contributed by atoms with Crippen molar-refractivity contribution in [1.82, 2.24) is 4.57 Å². The highest BCUT2D eigenvalue weighted by Gasteiger charge is 2.36. The number of nitrogens with zero attached hydrogens (tertiary/aromatic N) is 2. The Balaban J connectivity index is 0.953. The van der Waals surface area contributed by atoms with E-state index in [1.165, 1.54) is 92.5 Å². The molecule has 2 heterocycles. The average molecular weight is 801 g/mol. The lowest BCUT2D eigenvalue weighted by Gasteiger charge is -2.28. The van der Waals surface area contributed by atoms with Crippen molar-refractivity contribution in [2.24, 2.45) is 0 Å². The quantitative estimate of drug-likeness (QED) is 0.163. The second-order valence-electron chi connectivity index (χ2n) is 17.3. The van der Waals surface area contributed by atoms with Crippen LogP contribution in [0.25, 0.3) is 65.4 Å². The molecule has 2 aliphatic carbocycles. The van der Waals surface area contributed by atoms with E-state index in [0.717, 1.165) is 23.5 Å². The molecule has 2 nitrogen and oxygen atoms in total. The van der Waals surface area contributed by atoms with E-state index in [1.807, 2.05) is 11.3 Å². The second kappa shape index (κ2) is 13.8. The van der Waals surface area contributed by atoms with Crippen LogP contribution in [0.3, 0.4) is 0 Å². The van der Waals surface area contributed by atoms with Crippen LogP contribution in [-0.4, -0.2) is 4.57 Å². The second-order valence-corrected chi connectivity index (χ2v) is 18.4. The van der Waals surface area contributed by atoms with Crippen molar-refractivity contribution in [3.8, 4) is 27.9 Å². The topological polar surface area (TPSA) is 8.17 Å². The summed E-state index contributed by atoms with van der Waals surface area (Å²) in [6.07, 6.45) is 3.52. The van der Waals surface area contributed by atoms with Gasteiger partial charge in [-0.05, 0) is 141 Å². The average Bonchev–Trinajstić information content (AvgIpc) is 3.94. The number of anilines is 3. The normalized spacial score (nSPS) is 15.1. The van der Waals surface area contributed by atoms with Gasteiger partial charge in [0.25, 0.3) is 0 Å². The van der Waals surface area contributed by atoms with Crippen molar-refractivity contribution in [1.29, 1.82) is 0 Å². The van der Waals surface area contributed by atoms with Gasteiger partial charge in [0.15, 0.2) is 0 Å². The SMILES string of the molecule is CC1CC=C(c2ccc(N(c3ccc(-c4ccc5c(c4)c4ccccc4n5-c4ccccc4)cc3)c3ccc4c(c3)C(C)(C)c3ccccc3-4)cc2)c2sc3ccccc3c21. The molecule has 0 spiro atoms. The van der Waals surface area contributed by atoms with E-state index in [4.69, 9.17) is 0 Å². The minimum atomic E-state index is -0.101. The van der Waals surface area contributed by atoms with E-state index in [2.05, 4.69) is 224 Å². The molecule has 0 saturated heterocycles. The van der Waals surface area contributed by atoms with E-state index in [1.54, 1.807) is 0 Å². The monoisotopic (exact) mass is 800 g/mol. The molecule has 0 bridgehead atoms. The van der Waals surface area contributed by atoms with Gasteiger partial charge >= 0.3 is 0 Å². The summed E-state index contributed by atoms with van der Waals surface area (Å²) in [7, 11) is 0. The molecule has 0 aliphatic heterocycles. The molecule has 0 N–H and O–H groups in total. The van der Waals surface area contributed by atoms with Gasteiger partial charge in [-0.25, -0.2) is 0 Å². The van der Waals surface area contributed by atoms with E-state index in [9.17, 15) is 0 Å². The van der Waals surface area contributed by atoms with Gasteiger partial charge in [-0.15, -0.1) is 11.3 Å². The highest BCUT2D eigenvalue weighted by atomic mass is 32.1. The van der Waals surface area contributed by atoms with Gasteiger partial charge in [-0.3, -0.25) is 0 Å². The summed E-state index contributed by atoms with van der Waals surface area (Å²) in [6, 6.07) is 69.7. The maximum atomic E-state index is 2.46. The summed E-state index contributed by atoms with van der Waals surface area (Å²) in [5.41, 5.74) is 18.9. The number of hydrogen-bond donors (Lipinski definition) is 0. The predicted molar refractivity (Wildman–Crippen MR) is 260 cm³/mol. The molecule has 0 amide bonds. The molecule has 2 aromatic heterocycles. The number of benzene rings is 8. The highest BCUT2D eigenvalue weighted by molar-refractivity contribution is 7.20. The molecule has 292 valence electrons. The van der Waals surface area contributed by atoms with E-state index in [0.29, 0.717) is 5.92 Å². The molecule has 2 aliphatic rings. The number of aromatic nitrogens is 1. The third-order valence-corrected chi connectivity index (χ3v) is 14.7. The van der Waals surface area contributed by atoms with Gasteiger partial charge < -0.3 is 9.47 Å². The summed E-state index contributed by atoms with van der Waals surface area (Å²) in [5, 5.41) is 3.93. The van der Waals surface area contributed by atoms with Crippen LogP contribution in [0.4, 0.5) is 17.1 Å². The summed E-state index contributed by atoms with van der Waals surface area (Å²) < 4.78 is 3.75. The first-order valence-corrected chi connectivity index (χ1v) is 22.3. The van der Waals surface area contributed by atoms with Crippen LogP contribution in [-0.2, 0) is 5.41 Å². The lowest BCUT2D eigenvalue weighted by atomic mass is 9.82. The lowest BCUT2D eigenvalue weighted by Crippen LogP contribution is -2.16. The Hall–Kier alpha value is -6.94. The van der Waals surface area contributed by atoms with Gasteiger partial charge in [0.05, 0.1) is 11.0 Å². The molecule has 0 fully saturated rings. The zero-order chi connectivity index (χ0) is 40.8. The van der Waals surface area contributed by atoms with Gasteiger partial charge in [-0.1, -0.05) is 142 Å². The van der Waals surface area contributed by atoms with Crippen molar-refractivity contribution in [3.05, 3.63) is 221 Å². The molecular formula is C58H44N2S. The van der Waals surface area contributed by atoms with E-state index < -0.39 is 0 Å². The first-order chi connectivity index (χ1) is 29.9. The van der Waals surface area contributed by atoms with Crippen molar-refractivity contribution < 1.29 is 0 Å². The Bertz CT molecular complexity index is 3360. The van der Waals surface area contributed by atoms with Crippen LogP contribution < -0.4 is 4.90 Å². The number of thiophene rings is 1. The maximum Gasteiger partial charge on any atom is 0.0541 e. The number of para-hydroxylation sites is 2. The summed E-state index contributed by atoms with van der Waals surface area (Å²) in [4.78, 5) is 3.86. The summed E-state index contributed by atoms with van der Waals surface area (Å²) in [5.74, 6) is 0.513. The minimum absolute atomic E-state index is 0.101. The molecule has 0 saturated carbocycles. The van der Waals surface area contributed by atoms with Crippen LogP contribution in [0.5, 0.6) is 0 Å². The molecule has 1 unspecified atom stereocenters. The van der Waals surface area contributed by atoms with Crippen LogP contribution >= 0.6 is 11.3 Å². The van der Waals surface area contributed by atoms with Gasteiger partial charge in [0.1, 0.15) is 0 Å². The molecule has 10 aromatic rings. The molecule has 12 rings (SSSR count). The maximum absolute atomic E-state index is 2.46. The Morgan fingerprint density at radius 3 is 1.95 bits per heavy atom. The predicted octanol–water partition coefficient (Wildman–Crippen LogP) is 16.4. The minimum Gasteiger partial charge on any atom is -0.310 e. The molecule has 0 radical (unpaired) electrons. The summed E-state index contributed by atoms with van der Waals surface area (Å²) in [6.45, 7) is 7.10. The van der Waals surface area contributed by atoms with Crippen LogP contribution in [0.2, 0.25) is 0 Å². The Kier molecular flexibility index (Phi) is 8.14. The van der Waals surface area contributed by atoms with E-state index in [-0.39, 0.29) is 5.41 Å². The zero-order valence-electron chi connectivity index (χ0n) is 34.6. The van der Waals surface area contributed by atoms with Gasteiger partial charge in [0, 0.05) is 48.5 Å². The molecule has 61 heavy (non-hydrogen) atoms. The number of fused-ring (bicyclic) bond motifs is 9. The van der Waals surface area contributed by atoms with E-state index >= 15 is 0 Å². The fraction of sp³-hybridized carbons (Fsp3) is 0.103. The van der Waals surface area contributed by atoms with Crippen LogP contribution in [0.15, 0.2) is 194 Å².